The van der Waals surface area contributed by atoms with E-state index >= 15 is 0 Å². The number of benzene rings is 1. The minimum atomic E-state index is -1.58. The van der Waals surface area contributed by atoms with Crippen LogP contribution in [-0.2, 0) is 0 Å². The minimum absolute atomic E-state index is 0. The Bertz CT molecular complexity index is 926. The molecule has 2 aliphatic rings. The van der Waals surface area contributed by atoms with Crippen LogP contribution in [0.2, 0.25) is 0 Å². The van der Waals surface area contributed by atoms with Gasteiger partial charge in [0.05, 0.1) is 0 Å². The second-order valence-corrected chi connectivity index (χ2v) is 8.02. The van der Waals surface area contributed by atoms with Crippen molar-refractivity contribution in [3.05, 3.63) is 47.0 Å². The predicted octanol–water partition coefficient (Wildman–Crippen LogP) is 4.35. The summed E-state index contributed by atoms with van der Waals surface area (Å²) in [7, 11) is 0. The van der Waals surface area contributed by atoms with E-state index in [0.717, 1.165) is 24.5 Å². The van der Waals surface area contributed by atoms with Crippen LogP contribution in [-0.4, -0.2) is 34.0 Å². The zero-order chi connectivity index (χ0) is 21.3. The molecule has 1 aromatic carbocycles. The van der Waals surface area contributed by atoms with Gasteiger partial charge in [0.1, 0.15) is 17.5 Å². The largest absolute Gasteiger partial charge is 0.367 e. The molecule has 1 aromatic heterocycles. The molecule has 2 saturated carbocycles. The number of anilines is 2. The first kappa shape index (κ1) is 23.1. The highest BCUT2D eigenvalue weighted by molar-refractivity contribution is 5.94. The third-order valence-electron chi connectivity index (χ3n) is 5.43. The van der Waals surface area contributed by atoms with Gasteiger partial charge in [0.2, 0.25) is 0 Å². The number of hydrogen-bond acceptors (Lipinski definition) is 5. The van der Waals surface area contributed by atoms with Crippen LogP contribution in [0.3, 0.4) is 0 Å². The smallest absolute Gasteiger partial charge is 0.251 e. The molecule has 0 aliphatic heterocycles. The van der Waals surface area contributed by atoms with E-state index in [1.165, 1.54) is 12.8 Å². The summed E-state index contributed by atoms with van der Waals surface area (Å²) in [4.78, 5) is 21.1. The molecule has 0 saturated heterocycles. The van der Waals surface area contributed by atoms with Crippen LogP contribution < -0.4 is 16.0 Å². The zero-order valence-corrected chi connectivity index (χ0v) is 17.9. The molecule has 2 fully saturated rings. The maximum absolute atomic E-state index is 13.3. The quantitative estimate of drug-likeness (QED) is 0.564. The van der Waals surface area contributed by atoms with Crippen molar-refractivity contribution in [3.8, 4) is 0 Å². The number of nitrogens with zero attached hydrogens (tertiary/aromatic N) is 2. The zero-order valence-electron chi connectivity index (χ0n) is 17.1. The maximum Gasteiger partial charge on any atom is 0.251 e. The highest BCUT2D eigenvalue weighted by atomic mass is 35.5. The average molecular weight is 456 g/mol. The summed E-state index contributed by atoms with van der Waals surface area (Å²) >= 11 is 0. The molecule has 4 rings (SSSR count). The van der Waals surface area contributed by atoms with Gasteiger partial charge in [-0.1, -0.05) is 0 Å². The number of hydrogen-bond donors (Lipinski definition) is 3. The van der Waals surface area contributed by atoms with Gasteiger partial charge in [-0.05, 0) is 57.6 Å². The fourth-order valence-corrected chi connectivity index (χ4v) is 3.70. The summed E-state index contributed by atoms with van der Waals surface area (Å²) < 4.78 is 39.8. The number of carbonyl (C=O) groups is 1. The molecule has 31 heavy (non-hydrogen) atoms. The molecule has 1 heterocycles. The summed E-state index contributed by atoms with van der Waals surface area (Å²) in [5.74, 6) is -2.63. The summed E-state index contributed by atoms with van der Waals surface area (Å²) in [6.07, 6.45) is 5.38. The topological polar surface area (TPSA) is 78.9 Å². The number of amides is 1. The SMILES string of the molecule is Cc1nc(NC2CCC(NC(=O)c3cc(F)c(F)c(F)c3)CC2)cc(NC2CC2)n1.Cl. The molecule has 6 nitrogen and oxygen atoms in total. The molecule has 0 unspecified atom stereocenters. The van der Waals surface area contributed by atoms with Crippen LogP contribution in [0.25, 0.3) is 0 Å². The number of halogens is 4. The number of aryl methyl sites for hydroxylation is 1. The lowest BCUT2D eigenvalue weighted by Gasteiger charge is -2.30. The lowest BCUT2D eigenvalue weighted by atomic mass is 9.91. The van der Waals surface area contributed by atoms with Crippen LogP contribution >= 0.6 is 12.4 Å². The Labute approximate surface area is 184 Å². The van der Waals surface area contributed by atoms with Crippen molar-refractivity contribution in [2.75, 3.05) is 10.6 Å². The summed E-state index contributed by atoms with van der Waals surface area (Å²) in [5, 5.41) is 9.59. The van der Waals surface area contributed by atoms with Gasteiger partial charge >= 0.3 is 0 Å². The van der Waals surface area contributed by atoms with Gasteiger partial charge < -0.3 is 16.0 Å². The molecule has 0 radical (unpaired) electrons. The third-order valence-corrected chi connectivity index (χ3v) is 5.43. The standard InChI is InChI=1S/C21H24F3N5O.ClH/c1-11-25-18(27-13-2-3-13)10-19(26-11)28-14-4-6-15(7-5-14)29-21(30)12-8-16(22)20(24)17(23)9-12;/h8-10,13-15H,2-7H2,1H3,(H,29,30)(H2,25,26,27,28);1H. The van der Waals surface area contributed by atoms with Crippen LogP contribution in [0, 0.1) is 24.4 Å². The monoisotopic (exact) mass is 455 g/mol. The molecule has 2 aromatic rings. The molecule has 10 heteroatoms. The van der Waals surface area contributed by atoms with E-state index in [4.69, 9.17) is 0 Å². The molecule has 0 spiro atoms. The van der Waals surface area contributed by atoms with E-state index in [0.29, 0.717) is 36.8 Å². The Hall–Kier alpha value is -2.55. The van der Waals surface area contributed by atoms with Gasteiger partial charge in [0.15, 0.2) is 17.5 Å². The molecule has 0 bridgehead atoms. The lowest BCUT2D eigenvalue weighted by molar-refractivity contribution is 0.0925. The average Bonchev–Trinajstić information content (AvgIpc) is 3.50. The van der Waals surface area contributed by atoms with E-state index in [1.807, 2.05) is 13.0 Å². The van der Waals surface area contributed by atoms with E-state index in [1.54, 1.807) is 0 Å². The van der Waals surface area contributed by atoms with Crippen LogP contribution in [0.4, 0.5) is 24.8 Å². The van der Waals surface area contributed by atoms with Gasteiger partial charge in [0, 0.05) is 29.8 Å². The van der Waals surface area contributed by atoms with E-state index < -0.39 is 23.4 Å². The van der Waals surface area contributed by atoms with E-state index in [2.05, 4.69) is 25.9 Å². The van der Waals surface area contributed by atoms with Gasteiger partial charge in [-0.25, -0.2) is 23.1 Å². The summed E-state index contributed by atoms with van der Waals surface area (Å²) in [6, 6.07) is 3.95. The normalized spacial score (nSPS) is 20.5. The molecular formula is C21H25ClF3N5O. The first-order valence-corrected chi connectivity index (χ1v) is 10.2. The van der Waals surface area contributed by atoms with E-state index in [9.17, 15) is 18.0 Å². The Morgan fingerprint density at radius 1 is 0.839 bits per heavy atom. The molecule has 168 valence electrons. The van der Waals surface area contributed by atoms with Crippen molar-refractivity contribution < 1.29 is 18.0 Å². The predicted molar refractivity (Wildman–Crippen MR) is 114 cm³/mol. The van der Waals surface area contributed by atoms with Crippen LogP contribution in [0.1, 0.15) is 54.7 Å². The van der Waals surface area contributed by atoms with Crippen molar-refractivity contribution in [2.45, 2.75) is 63.6 Å². The fraction of sp³-hybridized carbons (Fsp3) is 0.476. The van der Waals surface area contributed by atoms with Gasteiger partial charge in [-0.15, -0.1) is 12.4 Å². The van der Waals surface area contributed by atoms with Gasteiger partial charge in [0.25, 0.3) is 5.91 Å². The second-order valence-electron chi connectivity index (χ2n) is 8.02. The van der Waals surface area contributed by atoms with Crippen molar-refractivity contribution in [1.82, 2.24) is 15.3 Å². The van der Waals surface area contributed by atoms with Crippen LogP contribution in [0.5, 0.6) is 0 Å². The first-order valence-electron chi connectivity index (χ1n) is 10.2. The number of carbonyl (C=O) groups excluding carboxylic acids is 1. The van der Waals surface area contributed by atoms with Crippen molar-refractivity contribution in [3.63, 3.8) is 0 Å². The van der Waals surface area contributed by atoms with Crippen molar-refractivity contribution in [2.24, 2.45) is 0 Å². The summed E-state index contributed by atoms with van der Waals surface area (Å²) in [5.41, 5.74) is -0.223. The van der Waals surface area contributed by atoms with Crippen molar-refractivity contribution >= 4 is 29.9 Å². The Kier molecular flexibility index (Phi) is 7.25. The molecule has 0 atom stereocenters. The first-order chi connectivity index (χ1) is 14.4. The third kappa shape index (κ3) is 6.00. The maximum atomic E-state index is 13.3. The molecular weight excluding hydrogens is 431 g/mol. The Morgan fingerprint density at radius 3 is 1.77 bits per heavy atom. The highest BCUT2D eigenvalue weighted by Gasteiger charge is 2.25. The number of nitrogens with one attached hydrogen (secondary N) is 3. The minimum Gasteiger partial charge on any atom is -0.367 e. The Balaban J connectivity index is 0.00000272. The number of rotatable bonds is 6. The summed E-state index contributed by atoms with van der Waals surface area (Å²) in [6.45, 7) is 1.86. The van der Waals surface area contributed by atoms with Gasteiger partial charge in [-0.3, -0.25) is 4.79 Å². The van der Waals surface area contributed by atoms with E-state index in [-0.39, 0.29) is 30.1 Å². The van der Waals surface area contributed by atoms with Gasteiger partial charge in [-0.2, -0.15) is 0 Å². The molecule has 3 N–H and O–H groups in total. The molecule has 1 amide bonds. The second kappa shape index (κ2) is 9.72. The van der Waals surface area contributed by atoms with Crippen molar-refractivity contribution in [1.29, 1.82) is 0 Å². The fourth-order valence-electron chi connectivity index (χ4n) is 3.70. The molecule has 2 aliphatic carbocycles. The lowest BCUT2D eigenvalue weighted by Crippen LogP contribution is -2.40. The highest BCUT2D eigenvalue weighted by Crippen LogP contribution is 2.26. The number of aromatic nitrogens is 2. The Morgan fingerprint density at radius 2 is 1.29 bits per heavy atom. The van der Waals surface area contributed by atoms with Crippen LogP contribution in [0.15, 0.2) is 18.2 Å².